The van der Waals surface area contributed by atoms with Gasteiger partial charge < -0.3 is 24.4 Å². The lowest BCUT2D eigenvalue weighted by Gasteiger charge is -2.42. The van der Waals surface area contributed by atoms with Crippen molar-refractivity contribution in [1.82, 2.24) is 10.2 Å². The van der Waals surface area contributed by atoms with E-state index in [2.05, 4.69) is 51.7 Å². The predicted octanol–water partition coefficient (Wildman–Crippen LogP) is 4.46. The van der Waals surface area contributed by atoms with Gasteiger partial charge >= 0.3 is 0 Å². The Morgan fingerprint density at radius 2 is 1.66 bits per heavy atom. The molecule has 2 aromatic carbocycles. The maximum Gasteiger partial charge on any atom is 0.255 e. The summed E-state index contributed by atoms with van der Waals surface area (Å²) in [6, 6.07) is 17.8. The van der Waals surface area contributed by atoms with Gasteiger partial charge in [0.15, 0.2) is 11.5 Å². The van der Waals surface area contributed by atoms with Crippen molar-refractivity contribution in [2.45, 2.75) is 19.0 Å². The Hall–Kier alpha value is -3.23. The summed E-state index contributed by atoms with van der Waals surface area (Å²) >= 11 is 1.73. The summed E-state index contributed by atoms with van der Waals surface area (Å²) in [6.07, 6.45) is 0. The second kappa shape index (κ2) is 11.5. The normalized spacial score (nSPS) is 15.8. The molecule has 2 atom stereocenters. The van der Waals surface area contributed by atoms with Crippen LogP contribution in [0.5, 0.6) is 17.2 Å². The van der Waals surface area contributed by atoms with Crippen LogP contribution in [0.3, 0.4) is 0 Å². The van der Waals surface area contributed by atoms with Crippen LogP contribution >= 0.6 is 11.3 Å². The van der Waals surface area contributed by atoms with Gasteiger partial charge in [-0.2, -0.15) is 0 Å². The Kier molecular flexibility index (Phi) is 8.15. The molecule has 8 heteroatoms. The first-order valence-electron chi connectivity index (χ1n) is 11.7. The fourth-order valence-electron chi connectivity index (χ4n) is 4.68. The standard InChI is InChI=1S/C27H33N3O4S/c1-19(28-27(31)22-7-5-8-23(33-3)26(22)34-4)25(24-9-6-18-35-24)30-16-14-29(15-17-30)20-10-12-21(32-2)13-11-20/h5-13,18-19,25H,14-17H2,1-4H3,(H,28,31). The van der Waals surface area contributed by atoms with Crippen LogP contribution < -0.4 is 24.4 Å². The van der Waals surface area contributed by atoms with E-state index < -0.39 is 0 Å². The second-order valence-corrected chi connectivity index (χ2v) is 9.46. The summed E-state index contributed by atoms with van der Waals surface area (Å²) in [5.74, 6) is 1.67. The van der Waals surface area contributed by atoms with Crippen LogP contribution in [0.1, 0.15) is 28.2 Å². The maximum absolute atomic E-state index is 13.3. The summed E-state index contributed by atoms with van der Waals surface area (Å²) in [7, 11) is 4.80. The number of nitrogens with zero attached hydrogens (tertiary/aromatic N) is 2. The highest BCUT2D eigenvalue weighted by atomic mass is 32.1. The van der Waals surface area contributed by atoms with Crippen molar-refractivity contribution in [3.05, 3.63) is 70.4 Å². The molecule has 35 heavy (non-hydrogen) atoms. The molecule has 0 spiro atoms. The Morgan fingerprint density at radius 3 is 2.26 bits per heavy atom. The number of thiophene rings is 1. The Bertz CT molecular complexity index is 1100. The summed E-state index contributed by atoms with van der Waals surface area (Å²) in [6.45, 7) is 5.70. The summed E-state index contributed by atoms with van der Waals surface area (Å²) < 4.78 is 16.1. The van der Waals surface area contributed by atoms with E-state index in [1.807, 2.05) is 12.1 Å². The molecule has 3 aromatic rings. The maximum atomic E-state index is 13.3. The van der Waals surface area contributed by atoms with Crippen molar-refractivity contribution in [2.24, 2.45) is 0 Å². The van der Waals surface area contributed by atoms with E-state index in [4.69, 9.17) is 14.2 Å². The van der Waals surface area contributed by atoms with Crippen molar-refractivity contribution in [3.8, 4) is 17.2 Å². The lowest BCUT2D eigenvalue weighted by atomic mass is 10.0. The molecule has 1 fully saturated rings. The van der Waals surface area contributed by atoms with Gasteiger partial charge in [0.1, 0.15) is 5.75 Å². The first-order chi connectivity index (χ1) is 17.0. The molecule has 186 valence electrons. The highest BCUT2D eigenvalue weighted by Crippen LogP contribution is 2.33. The first kappa shape index (κ1) is 24.9. The Morgan fingerprint density at radius 1 is 0.914 bits per heavy atom. The summed E-state index contributed by atoms with van der Waals surface area (Å²) in [5.41, 5.74) is 1.66. The zero-order valence-corrected chi connectivity index (χ0v) is 21.5. The molecule has 7 nitrogen and oxygen atoms in total. The van der Waals surface area contributed by atoms with Gasteiger partial charge in [-0.25, -0.2) is 0 Å². The largest absolute Gasteiger partial charge is 0.497 e. The highest BCUT2D eigenvalue weighted by molar-refractivity contribution is 7.10. The van der Waals surface area contributed by atoms with Gasteiger partial charge in [-0.15, -0.1) is 11.3 Å². The zero-order chi connectivity index (χ0) is 24.8. The van der Waals surface area contributed by atoms with Crippen LogP contribution in [0.4, 0.5) is 5.69 Å². The van der Waals surface area contributed by atoms with Crippen molar-refractivity contribution in [2.75, 3.05) is 52.4 Å². The van der Waals surface area contributed by atoms with Gasteiger partial charge in [-0.1, -0.05) is 12.1 Å². The van der Waals surface area contributed by atoms with Gasteiger partial charge in [0, 0.05) is 42.8 Å². The predicted molar refractivity (Wildman–Crippen MR) is 140 cm³/mol. The second-order valence-electron chi connectivity index (χ2n) is 8.48. The van der Waals surface area contributed by atoms with Crippen LogP contribution in [0, 0.1) is 0 Å². The molecular formula is C27H33N3O4S. The number of anilines is 1. The minimum Gasteiger partial charge on any atom is -0.497 e. The number of ether oxygens (including phenoxy) is 3. The van der Waals surface area contributed by atoms with Crippen LogP contribution in [0.25, 0.3) is 0 Å². The number of carbonyl (C=O) groups excluding carboxylic acids is 1. The molecule has 1 aliphatic rings. The molecule has 0 saturated carbocycles. The third-order valence-corrected chi connectivity index (χ3v) is 7.40. The highest BCUT2D eigenvalue weighted by Gasteiger charge is 2.31. The Balaban J connectivity index is 1.48. The number of para-hydroxylation sites is 1. The van der Waals surface area contributed by atoms with Crippen LogP contribution in [-0.4, -0.2) is 64.4 Å². The molecule has 0 radical (unpaired) electrons. The zero-order valence-electron chi connectivity index (χ0n) is 20.7. The van der Waals surface area contributed by atoms with Crippen molar-refractivity contribution in [3.63, 3.8) is 0 Å². The molecule has 1 amide bonds. The number of methoxy groups -OCH3 is 3. The number of benzene rings is 2. The van der Waals surface area contributed by atoms with Crippen molar-refractivity contribution in [1.29, 1.82) is 0 Å². The van der Waals surface area contributed by atoms with Crippen molar-refractivity contribution < 1.29 is 19.0 Å². The van der Waals surface area contributed by atoms with E-state index in [9.17, 15) is 4.79 Å². The SMILES string of the molecule is COc1ccc(N2CCN(C(c3cccs3)C(C)NC(=O)c3cccc(OC)c3OC)CC2)cc1. The number of hydrogen-bond donors (Lipinski definition) is 1. The number of hydrogen-bond acceptors (Lipinski definition) is 7. The van der Waals surface area contributed by atoms with E-state index in [0.717, 1.165) is 31.9 Å². The number of carbonyl (C=O) groups is 1. The van der Waals surface area contributed by atoms with E-state index in [1.165, 1.54) is 10.6 Å². The van der Waals surface area contributed by atoms with Gasteiger partial charge in [0.2, 0.25) is 0 Å². The molecule has 4 rings (SSSR count). The van der Waals surface area contributed by atoms with Crippen molar-refractivity contribution >= 4 is 22.9 Å². The summed E-state index contributed by atoms with van der Waals surface area (Å²) in [4.78, 5) is 19.4. The van der Waals surface area contributed by atoms with E-state index >= 15 is 0 Å². The van der Waals surface area contributed by atoms with E-state index in [1.54, 1.807) is 50.9 Å². The molecule has 1 N–H and O–H groups in total. The van der Waals surface area contributed by atoms with Crippen LogP contribution in [0.15, 0.2) is 60.0 Å². The average molecular weight is 496 g/mol. The summed E-state index contributed by atoms with van der Waals surface area (Å²) in [5, 5.41) is 5.32. The lowest BCUT2D eigenvalue weighted by molar-refractivity contribution is 0.0887. The quantitative estimate of drug-likeness (QED) is 0.473. The van der Waals surface area contributed by atoms with Gasteiger partial charge in [0.25, 0.3) is 5.91 Å². The monoisotopic (exact) mass is 495 g/mol. The smallest absolute Gasteiger partial charge is 0.255 e. The number of amides is 1. The molecule has 1 aromatic heterocycles. The van der Waals surface area contributed by atoms with E-state index in [0.29, 0.717) is 17.1 Å². The molecule has 0 bridgehead atoms. The third kappa shape index (κ3) is 5.55. The minimum absolute atomic E-state index is 0.0774. The topological polar surface area (TPSA) is 63.3 Å². The van der Waals surface area contributed by atoms with Gasteiger partial charge in [-0.3, -0.25) is 9.69 Å². The van der Waals surface area contributed by atoms with E-state index in [-0.39, 0.29) is 18.0 Å². The molecular weight excluding hydrogens is 462 g/mol. The van der Waals surface area contributed by atoms with Gasteiger partial charge in [0.05, 0.1) is 32.9 Å². The number of rotatable bonds is 9. The molecule has 2 unspecified atom stereocenters. The average Bonchev–Trinajstić information content (AvgIpc) is 3.43. The molecule has 2 heterocycles. The van der Waals surface area contributed by atoms with Crippen LogP contribution in [-0.2, 0) is 0 Å². The first-order valence-corrected chi connectivity index (χ1v) is 12.6. The molecule has 1 aliphatic heterocycles. The molecule has 0 aliphatic carbocycles. The van der Waals surface area contributed by atoms with Gasteiger partial charge in [-0.05, 0) is 54.8 Å². The minimum atomic E-state index is -0.174. The lowest BCUT2D eigenvalue weighted by Crippen LogP contribution is -2.52. The Labute approximate surface area is 211 Å². The molecule has 1 saturated heterocycles. The fourth-order valence-corrected chi connectivity index (χ4v) is 5.65. The number of piperazine rings is 1. The van der Waals surface area contributed by atoms with Crippen LogP contribution in [0.2, 0.25) is 0 Å². The number of nitrogens with one attached hydrogen (secondary N) is 1. The fraction of sp³-hybridized carbons (Fsp3) is 0.370. The third-order valence-electron chi connectivity index (χ3n) is 6.46.